The second-order valence-electron chi connectivity index (χ2n) is 7.01. The molecule has 9 heteroatoms. The lowest BCUT2D eigenvalue weighted by molar-refractivity contribution is -0.385. The van der Waals surface area contributed by atoms with E-state index in [2.05, 4.69) is 0 Å². The molecule has 0 unspecified atom stereocenters. The zero-order valence-electron chi connectivity index (χ0n) is 16.4. The Morgan fingerprint density at radius 3 is 2.30 bits per heavy atom. The minimum Gasteiger partial charge on any atom is -0.490 e. The highest BCUT2D eigenvalue weighted by Crippen LogP contribution is 2.32. The quantitative estimate of drug-likeness (QED) is 0.458. The van der Waals surface area contributed by atoms with Gasteiger partial charge in [0.1, 0.15) is 0 Å². The number of hydrogen-bond donors (Lipinski definition) is 0. The van der Waals surface area contributed by atoms with Gasteiger partial charge in [0, 0.05) is 44.0 Å². The fourth-order valence-corrected chi connectivity index (χ4v) is 5.14. The van der Waals surface area contributed by atoms with Gasteiger partial charge in [0.2, 0.25) is 10.0 Å². The van der Waals surface area contributed by atoms with Crippen molar-refractivity contribution in [2.45, 2.75) is 4.90 Å². The fraction of sp³-hybridized carbons (Fsp3) is 0.238. The predicted octanol–water partition coefficient (Wildman–Crippen LogP) is 3.27. The summed E-state index contributed by atoms with van der Waals surface area (Å²) in [5, 5.41) is 13.0. The molecular weight excluding hydrogens is 406 g/mol. The summed E-state index contributed by atoms with van der Waals surface area (Å²) in [5.41, 5.74) is 0.666. The Morgan fingerprint density at radius 1 is 0.933 bits per heavy atom. The highest BCUT2D eigenvalue weighted by molar-refractivity contribution is 7.89. The molecule has 1 saturated heterocycles. The van der Waals surface area contributed by atoms with Crippen LogP contribution in [0.3, 0.4) is 0 Å². The van der Waals surface area contributed by atoms with Crippen molar-refractivity contribution in [2.24, 2.45) is 0 Å². The van der Waals surface area contributed by atoms with E-state index in [1.54, 1.807) is 24.3 Å². The molecule has 1 aliphatic rings. The topological polar surface area (TPSA) is 93.0 Å². The van der Waals surface area contributed by atoms with E-state index < -0.39 is 14.9 Å². The van der Waals surface area contributed by atoms with Crippen molar-refractivity contribution in [3.8, 4) is 5.75 Å². The molecule has 0 amide bonds. The van der Waals surface area contributed by atoms with Crippen LogP contribution >= 0.6 is 0 Å². The smallest absolute Gasteiger partial charge is 0.311 e. The second kappa shape index (κ2) is 7.92. The molecule has 0 atom stereocenters. The molecule has 0 spiro atoms. The zero-order chi connectivity index (χ0) is 21.3. The summed E-state index contributed by atoms with van der Waals surface area (Å²) in [6.45, 7) is 1.62. The average molecular weight is 427 g/mol. The largest absolute Gasteiger partial charge is 0.490 e. The molecule has 0 N–H and O–H groups in total. The number of nitro groups is 1. The van der Waals surface area contributed by atoms with Crippen LogP contribution in [-0.2, 0) is 10.0 Å². The number of sulfonamides is 1. The summed E-state index contributed by atoms with van der Waals surface area (Å²) >= 11 is 0. The standard InChI is InChI=1S/C21H21N3O5S/c1-29-21-15-18(7-9-20(21)24(25)26)22-10-12-23(13-11-22)30(27,28)19-8-6-16-4-2-3-5-17(16)14-19/h2-9,14-15H,10-13H2,1H3. The third kappa shape index (κ3) is 3.69. The van der Waals surface area contributed by atoms with Crippen LogP contribution in [0.1, 0.15) is 0 Å². The van der Waals surface area contributed by atoms with E-state index in [9.17, 15) is 18.5 Å². The van der Waals surface area contributed by atoms with Gasteiger partial charge >= 0.3 is 5.69 Å². The van der Waals surface area contributed by atoms with E-state index in [-0.39, 0.29) is 16.3 Å². The molecule has 3 aromatic carbocycles. The lowest BCUT2D eigenvalue weighted by atomic mass is 10.1. The van der Waals surface area contributed by atoms with Gasteiger partial charge in [-0.15, -0.1) is 0 Å². The van der Waals surface area contributed by atoms with Crippen LogP contribution in [0, 0.1) is 10.1 Å². The number of benzene rings is 3. The summed E-state index contributed by atoms with van der Waals surface area (Å²) in [4.78, 5) is 12.9. The van der Waals surface area contributed by atoms with Crippen LogP contribution in [0.25, 0.3) is 10.8 Å². The third-order valence-electron chi connectivity index (χ3n) is 5.32. The van der Waals surface area contributed by atoms with Crippen molar-refractivity contribution in [2.75, 3.05) is 38.2 Å². The first kappa shape index (κ1) is 20.1. The number of nitrogens with zero attached hydrogens (tertiary/aromatic N) is 3. The molecule has 3 aromatic rings. The Bertz CT molecular complexity index is 1200. The molecule has 1 aliphatic heterocycles. The number of anilines is 1. The Balaban J connectivity index is 1.51. The molecule has 4 rings (SSSR count). The minimum absolute atomic E-state index is 0.0984. The van der Waals surface area contributed by atoms with Gasteiger partial charge < -0.3 is 9.64 Å². The first-order valence-corrected chi connectivity index (χ1v) is 10.9. The molecule has 1 fully saturated rings. The van der Waals surface area contributed by atoms with Gasteiger partial charge in [-0.05, 0) is 29.0 Å². The van der Waals surface area contributed by atoms with Gasteiger partial charge in [0.15, 0.2) is 5.75 Å². The third-order valence-corrected chi connectivity index (χ3v) is 7.22. The van der Waals surface area contributed by atoms with Crippen molar-refractivity contribution in [3.05, 3.63) is 70.8 Å². The summed E-state index contributed by atoms with van der Waals surface area (Å²) in [6.07, 6.45) is 0. The van der Waals surface area contributed by atoms with Crippen LogP contribution in [0.4, 0.5) is 11.4 Å². The summed E-state index contributed by atoms with van der Waals surface area (Å²) in [7, 11) is -2.21. The van der Waals surface area contributed by atoms with E-state index >= 15 is 0 Å². The van der Waals surface area contributed by atoms with Gasteiger partial charge in [-0.3, -0.25) is 10.1 Å². The van der Waals surface area contributed by atoms with Crippen LogP contribution in [0.2, 0.25) is 0 Å². The van der Waals surface area contributed by atoms with E-state index in [1.165, 1.54) is 17.5 Å². The Morgan fingerprint density at radius 2 is 1.63 bits per heavy atom. The van der Waals surface area contributed by atoms with Crippen LogP contribution in [-0.4, -0.2) is 50.9 Å². The van der Waals surface area contributed by atoms with E-state index in [1.807, 2.05) is 35.2 Å². The minimum atomic E-state index is -3.60. The molecule has 0 aromatic heterocycles. The second-order valence-corrected chi connectivity index (χ2v) is 8.95. The van der Waals surface area contributed by atoms with Gasteiger partial charge in [-0.2, -0.15) is 4.31 Å². The molecule has 0 saturated carbocycles. The zero-order valence-corrected chi connectivity index (χ0v) is 17.2. The average Bonchev–Trinajstić information content (AvgIpc) is 2.78. The molecule has 156 valence electrons. The van der Waals surface area contributed by atoms with E-state index in [0.29, 0.717) is 26.2 Å². The molecule has 0 aliphatic carbocycles. The first-order chi connectivity index (χ1) is 14.4. The maximum absolute atomic E-state index is 13.1. The number of fused-ring (bicyclic) bond motifs is 1. The Hall–Kier alpha value is -3.17. The Kier molecular flexibility index (Phi) is 5.31. The van der Waals surface area contributed by atoms with Crippen molar-refractivity contribution in [1.82, 2.24) is 4.31 Å². The highest BCUT2D eigenvalue weighted by atomic mass is 32.2. The van der Waals surface area contributed by atoms with Crippen molar-refractivity contribution >= 4 is 32.2 Å². The van der Waals surface area contributed by atoms with Gasteiger partial charge in [0.05, 0.1) is 16.9 Å². The summed E-state index contributed by atoms with van der Waals surface area (Å²) < 4.78 is 32.8. The van der Waals surface area contributed by atoms with Gasteiger partial charge in [0.25, 0.3) is 0 Å². The Labute approximate surface area is 174 Å². The normalized spacial score (nSPS) is 15.3. The number of nitro benzene ring substituents is 1. The molecule has 1 heterocycles. The number of ether oxygens (including phenoxy) is 1. The van der Waals surface area contributed by atoms with Crippen LogP contribution in [0.15, 0.2) is 65.6 Å². The highest BCUT2D eigenvalue weighted by Gasteiger charge is 2.29. The van der Waals surface area contributed by atoms with Gasteiger partial charge in [-0.25, -0.2) is 8.42 Å². The number of piperazine rings is 1. The molecule has 30 heavy (non-hydrogen) atoms. The van der Waals surface area contributed by atoms with Crippen LogP contribution < -0.4 is 9.64 Å². The fourth-order valence-electron chi connectivity index (χ4n) is 3.68. The monoisotopic (exact) mass is 427 g/mol. The number of methoxy groups -OCH3 is 1. The maximum atomic E-state index is 13.1. The maximum Gasteiger partial charge on any atom is 0.311 e. The van der Waals surface area contributed by atoms with E-state index in [4.69, 9.17) is 4.74 Å². The lowest BCUT2D eigenvalue weighted by Crippen LogP contribution is -2.48. The first-order valence-electron chi connectivity index (χ1n) is 9.46. The van der Waals surface area contributed by atoms with Gasteiger partial charge in [-0.1, -0.05) is 30.3 Å². The van der Waals surface area contributed by atoms with Crippen molar-refractivity contribution < 1.29 is 18.1 Å². The number of hydrogen-bond acceptors (Lipinski definition) is 6. The molecule has 8 nitrogen and oxygen atoms in total. The molecular formula is C21H21N3O5S. The SMILES string of the molecule is COc1cc(N2CCN(S(=O)(=O)c3ccc4ccccc4c3)CC2)ccc1[N+](=O)[O-]. The predicted molar refractivity (Wildman–Crippen MR) is 115 cm³/mol. The lowest BCUT2D eigenvalue weighted by Gasteiger charge is -2.35. The van der Waals surface area contributed by atoms with Crippen LogP contribution in [0.5, 0.6) is 5.75 Å². The summed E-state index contributed by atoms with van der Waals surface area (Å²) in [6, 6.07) is 17.5. The number of rotatable bonds is 5. The molecule has 0 radical (unpaired) electrons. The van der Waals surface area contributed by atoms with Crippen molar-refractivity contribution in [1.29, 1.82) is 0 Å². The van der Waals surface area contributed by atoms with E-state index in [0.717, 1.165) is 16.5 Å². The van der Waals surface area contributed by atoms with Crippen molar-refractivity contribution in [3.63, 3.8) is 0 Å². The summed E-state index contributed by atoms with van der Waals surface area (Å²) in [5.74, 6) is 0.184. The molecule has 0 bridgehead atoms.